The van der Waals surface area contributed by atoms with Crippen molar-refractivity contribution in [3.63, 3.8) is 0 Å². The normalized spacial score (nSPS) is 15.0. The summed E-state index contributed by atoms with van der Waals surface area (Å²) in [4.78, 5) is 9.15. The van der Waals surface area contributed by atoms with Crippen LogP contribution in [-0.4, -0.2) is 36.8 Å². The minimum absolute atomic E-state index is 0.610. The lowest BCUT2D eigenvalue weighted by molar-refractivity contribution is 0.207. The molecule has 126 valence electrons. The molecule has 0 atom stereocenters. The van der Waals surface area contributed by atoms with Gasteiger partial charge in [0.2, 0.25) is 5.88 Å². The lowest BCUT2D eigenvalue weighted by Gasteiger charge is -2.22. The first-order valence-electron chi connectivity index (χ1n) is 8.42. The van der Waals surface area contributed by atoms with Crippen molar-refractivity contribution in [2.75, 3.05) is 26.8 Å². The topological polar surface area (TPSA) is 56.3 Å². The summed E-state index contributed by atoms with van der Waals surface area (Å²) in [6, 6.07) is 5.70. The van der Waals surface area contributed by atoms with Crippen LogP contribution in [0, 0.1) is 12.8 Å². The molecule has 1 aromatic heterocycles. The highest BCUT2D eigenvalue weighted by atomic mass is 16.5. The highest BCUT2D eigenvalue weighted by Crippen LogP contribution is 2.23. The molecule has 1 aliphatic rings. The van der Waals surface area contributed by atoms with Gasteiger partial charge in [-0.3, -0.25) is 0 Å². The Morgan fingerprint density at radius 1 is 1.13 bits per heavy atom. The number of fused-ring (bicyclic) bond motifs is 1. The highest BCUT2D eigenvalue weighted by molar-refractivity contribution is 5.76. The summed E-state index contributed by atoms with van der Waals surface area (Å²) in [7, 11) is 1.65. The third-order valence-electron chi connectivity index (χ3n) is 3.92. The summed E-state index contributed by atoms with van der Waals surface area (Å²) in [5, 5.41) is 3.36. The van der Waals surface area contributed by atoms with Gasteiger partial charge in [0.25, 0.3) is 0 Å². The molecule has 1 N–H and O–H groups in total. The van der Waals surface area contributed by atoms with Gasteiger partial charge in [0.1, 0.15) is 11.4 Å². The predicted molar refractivity (Wildman–Crippen MR) is 93.3 cm³/mol. The van der Waals surface area contributed by atoms with E-state index in [1.54, 1.807) is 7.11 Å². The van der Waals surface area contributed by atoms with Gasteiger partial charge in [0, 0.05) is 6.07 Å². The number of ether oxygens (including phenoxy) is 2. The molecule has 1 fully saturated rings. The van der Waals surface area contributed by atoms with Gasteiger partial charge in [-0.2, -0.15) is 0 Å². The SMILES string of the molecule is CC.COc1ccc2nc(OCC3CCNCC3)c(C)nc2c1. The van der Waals surface area contributed by atoms with Gasteiger partial charge >= 0.3 is 0 Å². The van der Waals surface area contributed by atoms with Crippen molar-refractivity contribution in [2.45, 2.75) is 33.6 Å². The maximum absolute atomic E-state index is 5.91. The number of piperidine rings is 1. The molecule has 0 spiro atoms. The number of nitrogens with one attached hydrogen (secondary N) is 1. The van der Waals surface area contributed by atoms with Crippen molar-refractivity contribution in [3.8, 4) is 11.6 Å². The molecule has 1 saturated heterocycles. The first-order chi connectivity index (χ1) is 11.3. The van der Waals surface area contributed by atoms with E-state index >= 15 is 0 Å². The van der Waals surface area contributed by atoms with Crippen LogP contribution in [0.2, 0.25) is 0 Å². The molecule has 2 aromatic rings. The lowest BCUT2D eigenvalue weighted by atomic mass is 9.99. The number of aryl methyl sites for hydroxylation is 1. The van der Waals surface area contributed by atoms with E-state index in [2.05, 4.69) is 15.3 Å². The minimum atomic E-state index is 0.610. The Kier molecular flexibility index (Phi) is 6.59. The molecule has 23 heavy (non-hydrogen) atoms. The largest absolute Gasteiger partial charge is 0.497 e. The number of methoxy groups -OCH3 is 1. The number of hydrogen-bond acceptors (Lipinski definition) is 5. The number of rotatable bonds is 4. The van der Waals surface area contributed by atoms with Gasteiger partial charge < -0.3 is 14.8 Å². The Hall–Kier alpha value is -1.88. The summed E-state index contributed by atoms with van der Waals surface area (Å²) in [5.74, 6) is 2.05. The fourth-order valence-corrected chi connectivity index (χ4v) is 2.61. The Morgan fingerprint density at radius 2 is 1.87 bits per heavy atom. The number of hydrogen-bond donors (Lipinski definition) is 1. The van der Waals surface area contributed by atoms with Crippen LogP contribution >= 0.6 is 0 Å². The van der Waals surface area contributed by atoms with Gasteiger partial charge in [0.15, 0.2) is 0 Å². The third kappa shape index (κ3) is 4.55. The summed E-state index contributed by atoms with van der Waals surface area (Å²) < 4.78 is 11.1. The standard InChI is InChI=1S/C16H21N3O2.C2H6/c1-11-16(21-10-12-5-7-17-8-6-12)19-14-4-3-13(20-2)9-15(14)18-11;1-2/h3-4,9,12,17H,5-8,10H2,1-2H3;1-2H3. The van der Waals surface area contributed by atoms with Crippen LogP contribution in [0.3, 0.4) is 0 Å². The molecular formula is C18H27N3O2. The molecule has 0 aliphatic carbocycles. The molecule has 0 unspecified atom stereocenters. The molecule has 0 saturated carbocycles. The third-order valence-corrected chi connectivity index (χ3v) is 3.92. The van der Waals surface area contributed by atoms with E-state index in [1.807, 2.05) is 39.0 Å². The van der Waals surface area contributed by atoms with Crippen molar-refractivity contribution < 1.29 is 9.47 Å². The van der Waals surface area contributed by atoms with Gasteiger partial charge in [-0.05, 0) is 50.9 Å². The molecular weight excluding hydrogens is 290 g/mol. The van der Waals surface area contributed by atoms with Crippen molar-refractivity contribution in [3.05, 3.63) is 23.9 Å². The Labute approximate surface area is 138 Å². The van der Waals surface area contributed by atoms with E-state index in [4.69, 9.17) is 9.47 Å². The molecule has 5 nitrogen and oxygen atoms in total. The van der Waals surface area contributed by atoms with E-state index in [-0.39, 0.29) is 0 Å². The van der Waals surface area contributed by atoms with Crippen LogP contribution in [0.1, 0.15) is 32.4 Å². The summed E-state index contributed by atoms with van der Waals surface area (Å²) >= 11 is 0. The summed E-state index contributed by atoms with van der Waals surface area (Å²) in [6.07, 6.45) is 2.33. The minimum Gasteiger partial charge on any atom is -0.497 e. The molecule has 3 rings (SSSR count). The zero-order chi connectivity index (χ0) is 16.7. The first-order valence-corrected chi connectivity index (χ1v) is 8.42. The maximum Gasteiger partial charge on any atom is 0.235 e. The lowest BCUT2D eigenvalue weighted by Crippen LogP contribution is -2.30. The number of aromatic nitrogens is 2. The monoisotopic (exact) mass is 317 g/mol. The van der Waals surface area contributed by atoms with Crippen LogP contribution in [0.25, 0.3) is 11.0 Å². The zero-order valence-corrected chi connectivity index (χ0v) is 14.6. The maximum atomic E-state index is 5.91. The fraction of sp³-hybridized carbons (Fsp3) is 0.556. The quantitative estimate of drug-likeness (QED) is 0.937. The second-order valence-electron chi connectivity index (χ2n) is 5.47. The second-order valence-corrected chi connectivity index (χ2v) is 5.47. The molecule has 0 amide bonds. The van der Waals surface area contributed by atoms with Crippen LogP contribution in [0.5, 0.6) is 11.6 Å². The Balaban J connectivity index is 0.000000924. The van der Waals surface area contributed by atoms with E-state index in [0.717, 1.165) is 55.0 Å². The average Bonchev–Trinajstić information content (AvgIpc) is 2.62. The van der Waals surface area contributed by atoms with E-state index in [1.165, 1.54) is 0 Å². The Morgan fingerprint density at radius 3 is 2.57 bits per heavy atom. The summed E-state index contributed by atoms with van der Waals surface area (Å²) in [6.45, 7) is 8.81. The predicted octanol–water partition coefficient (Wildman–Crippen LogP) is 3.35. The van der Waals surface area contributed by atoms with Crippen molar-refractivity contribution >= 4 is 11.0 Å². The fourth-order valence-electron chi connectivity index (χ4n) is 2.61. The van der Waals surface area contributed by atoms with Gasteiger partial charge in [-0.1, -0.05) is 13.8 Å². The molecule has 0 bridgehead atoms. The second kappa shape index (κ2) is 8.67. The van der Waals surface area contributed by atoms with Gasteiger partial charge in [-0.15, -0.1) is 0 Å². The average molecular weight is 317 g/mol. The van der Waals surface area contributed by atoms with Gasteiger partial charge in [-0.25, -0.2) is 9.97 Å². The first kappa shape index (κ1) is 17.5. The van der Waals surface area contributed by atoms with Crippen molar-refractivity contribution in [1.82, 2.24) is 15.3 Å². The van der Waals surface area contributed by atoms with E-state index in [0.29, 0.717) is 11.8 Å². The molecule has 0 radical (unpaired) electrons. The zero-order valence-electron chi connectivity index (χ0n) is 14.6. The number of nitrogens with zero attached hydrogens (tertiary/aromatic N) is 2. The number of benzene rings is 1. The van der Waals surface area contributed by atoms with Crippen molar-refractivity contribution in [2.24, 2.45) is 5.92 Å². The van der Waals surface area contributed by atoms with Crippen LogP contribution in [-0.2, 0) is 0 Å². The van der Waals surface area contributed by atoms with E-state index < -0.39 is 0 Å². The summed E-state index contributed by atoms with van der Waals surface area (Å²) in [5.41, 5.74) is 2.49. The molecule has 5 heteroatoms. The smallest absolute Gasteiger partial charge is 0.235 e. The van der Waals surface area contributed by atoms with Crippen LogP contribution in [0.4, 0.5) is 0 Å². The molecule has 1 aromatic carbocycles. The van der Waals surface area contributed by atoms with Gasteiger partial charge in [0.05, 0.1) is 24.8 Å². The van der Waals surface area contributed by atoms with Crippen molar-refractivity contribution in [1.29, 1.82) is 0 Å². The molecule has 1 aliphatic heterocycles. The molecule has 2 heterocycles. The van der Waals surface area contributed by atoms with E-state index in [9.17, 15) is 0 Å². The van der Waals surface area contributed by atoms with Crippen LogP contribution in [0.15, 0.2) is 18.2 Å². The Bertz CT molecular complexity index is 625. The highest BCUT2D eigenvalue weighted by Gasteiger charge is 2.15. The van der Waals surface area contributed by atoms with Crippen LogP contribution < -0.4 is 14.8 Å².